The molecule has 0 spiro atoms. The normalized spacial score (nSPS) is 23.1. The molecule has 13 heavy (non-hydrogen) atoms. The topological polar surface area (TPSA) is 12.0 Å². The van der Waals surface area contributed by atoms with Crippen molar-refractivity contribution in [3.8, 4) is 0 Å². The number of nitrogens with one attached hydrogen (secondary N) is 1. The van der Waals surface area contributed by atoms with Gasteiger partial charge in [-0.3, -0.25) is 0 Å². The number of halogens is 3. The van der Waals surface area contributed by atoms with Gasteiger partial charge in [0, 0.05) is 0 Å². The molecule has 1 nitrogen and oxygen atoms in total. The average molecular weight is 195 g/mol. The summed E-state index contributed by atoms with van der Waals surface area (Å²) in [5, 5.41) is 2.39. The molecule has 0 aromatic rings. The molecule has 1 atom stereocenters. The largest absolute Gasteiger partial charge is 0.404 e. The van der Waals surface area contributed by atoms with Crippen LogP contribution in [0.25, 0.3) is 0 Å². The van der Waals surface area contributed by atoms with E-state index >= 15 is 0 Å². The highest BCUT2D eigenvalue weighted by molar-refractivity contribution is 4.83. The predicted octanol–water partition coefficient (Wildman–Crippen LogP) is 2.72. The Bertz CT molecular complexity index is 149. The molecule has 0 radical (unpaired) electrons. The van der Waals surface area contributed by atoms with Crippen LogP contribution >= 0.6 is 0 Å². The molecule has 0 aromatic carbocycles. The van der Waals surface area contributed by atoms with Crippen LogP contribution in [-0.2, 0) is 0 Å². The van der Waals surface area contributed by atoms with Crippen LogP contribution in [0.3, 0.4) is 0 Å². The SMILES string of the molecule is CN[C@@H](C1CCCCC1)C(F)(F)F. The van der Waals surface area contributed by atoms with Crippen molar-refractivity contribution >= 4 is 0 Å². The van der Waals surface area contributed by atoms with Crippen LogP contribution in [0.1, 0.15) is 32.1 Å². The Kier molecular flexibility index (Phi) is 3.59. The zero-order valence-electron chi connectivity index (χ0n) is 7.82. The van der Waals surface area contributed by atoms with Gasteiger partial charge in [-0.1, -0.05) is 19.3 Å². The zero-order valence-corrected chi connectivity index (χ0v) is 7.82. The van der Waals surface area contributed by atoms with Crippen LogP contribution in [0.4, 0.5) is 13.2 Å². The Hall–Kier alpha value is -0.250. The highest BCUT2D eigenvalue weighted by Gasteiger charge is 2.43. The van der Waals surface area contributed by atoms with Gasteiger partial charge in [0.25, 0.3) is 0 Å². The van der Waals surface area contributed by atoms with Crippen LogP contribution in [0.2, 0.25) is 0 Å². The lowest BCUT2D eigenvalue weighted by atomic mass is 9.83. The quantitative estimate of drug-likeness (QED) is 0.714. The zero-order chi connectivity index (χ0) is 9.90. The Morgan fingerprint density at radius 1 is 1.15 bits per heavy atom. The summed E-state index contributed by atoms with van der Waals surface area (Å²) in [6.07, 6.45) is 0.315. The van der Waals surface area contributed by atoms with Gasteiger partial charge in [-0.25, -0.2) is 0 Å². The molecule has 4 heteroatoms. The van der Waals surface area contributed by atoms with Gasteiger partial charge in [0.05, 0.1) is 0 Å². The Labute approximate surface area is 76.7 Å². The van der Waals surface area contributed by atoms with Gasteiger partial charge >= 0.3 is 6.18 Å². The monoisotopic (exact) mass is 195 g/mol. The van der Waals surface area contributed by atoms with E-state index in [0.717, 1.165) is 19.3 Å². The summed E-state index contributed by atoms with van der Waals surface area (Å²) in [7, 11) is 1.40. The lowest BCUT2D eigenvalue weighted by Crippen LogP contribution is -2.46. The fourth-order valence-corrected chi connectivity index (χ4v) is 2.13. The second-order valence-corrected chi connectivity index (χ2v) is 3.71. The summed E-state index contributed by atoms with van der Waals surface area (Å²) in [6, 6.07) is -1.30. The summed E-state index contributed by atoms with van der Waals surface area (Å²) in [4.78, 5) is 0. The van der Waals surface area contributed by atoms with E-state index in [2.05, 4.69) is 5.32 Å². The number of rotatable bonds is 2. The lowest BCUT2D eigenvalue weighted by molar-refractivity contribution is -0.168. The van der Waals surface area contributed by atoms with E-state index in [1.165, 1.54) is 7.05 Å². The van der Waals surface area contributed by atoms with Gasteiger partial charge in [0.15, 0.2) is 0 Å². The van der Waals surface area contributed by atoms with Gasteiger partial charge in [0.2, 0.25) is 0 Å². The number of hydrogen-bond acceptors (Lipinski definition) is 1. The minimum Gasteiger partial charge on any atom is -0.309 e. The van der Waals surface area contributed by atoms with Crippen molar-refractivity contribution in [1.29, 1.82) is 0 Å². The van der Waals surface area contributed by atoms with Crippen LogP contribution in [0, 0.1) is 5.92 Å². The third kappa shape index (κ3) is 2.86. The fraction of sp³-hybridized carbons (Fsp3) is 1.00. The molecular weight excluding hydrogens is 179 g/mol. The standard InChI is InChI=1S/C9H16F3N/c1-13-8(9(10,11)12)7-5-3-2-4-6-7/h7-8,13H,2-6H2,1H3/t8-/m0/s1. The van der Waals surface area contributed by atoms with Crippen LogP contribution < -0.4 is 5.32 Å². The summed E-state index contributed by atoms with van der Waals surface area (Å²) in [5.74, 6) is -0.209. The third-order valence-electron chi connectivity index (χ3n) is 2.78. The van der Waals surface area contributed by atoms with Gasteiger partial charge in [-0.05, 0) is 25.8 Å². The second-order valence-electron chi connectivity index (χ2n) is 3.71. The molecule has 1 rings (SSSR count). The van der Waals surface area contributed by atoms with Crippen molar-refractivity contribution in [2.75, 3.05) is 7.05 Å². The molecule has 78 valence electrons. The first-order valence-electron chi connectivity index (χ1n) is 4.79. The molecule has 0 unspecified atom stereocenters. The first-order chi connectivity index (χ1) is 6.05. The summed E-state index contributed by atoms with van der Waals surface area (Å²) >= 11 is 0. The van der Waals surface area contributed by atoms with Crippen LogP contribution in [-0.4, -0.2) is 19.3 Å². The highest BCUT2D eigenvalue weighted by Crippen LogP contribution is 2.34. The summed E-state index contributed by atoms with van der Waals surface area (Å²) in [5.41, 5.74) is 0. The molecular formula is C9H16F3N. The third-order valence-corrected chi connectivity index (χ3v) is 2.78. The van der Waals surface area contributed by atoms with Crippen LogP contribution in [0.15, 0.2) is 0 Å². The van der Waals surface area contributed by atoms with Gasteiger partial charge in [-0.15, -0.1) is 0 Å². The maximum absolute atomic E-state index is 12.4. The first-order valence-corrected chi connectivity index (χ1v) is 4.79. The predicted molar refractivity (Wildman–Crippen MR) is 45.5 cm³/mol. The molecule has 1 saturated carbocycles. The van der Waals surface area contributed by atoms with Gasteiger partial charge in [0.1, 0.15) is 6.04 Å². The van der Waals surface area contributed by atoms with E-state index in [4.69, 9.17) is 0 Å². The molecule has 0 amide bonds. The van der Waals surface area contributed by atoms with E-state index in [-0.39, 0.29) is 5.92 Å². The fourth-order valence-electron chi connectivity index (χ4n) is 2.13. The second kappa shape index (κ2) is 4.31. The Morgan fingerprint density at radius 2 is 1.69 bits per heavy atom. The minimum absolute atomic E-state index is 0.209. The smallest absolute Gasteiger partial charge is 0.309 e. The maximum Gasteiger partial charge on any atom is 0.404 e. The molecule has 1 N–H and O–H groups in total. The number of hydrogen-bond donors (Lipinski definition) is 1. The van der Waals surface area contributed by atoms with Crippen LogP contribution in [0.5, 0.6) is 0 Å². The molecule has 0 bridgehead atoms. The first kappa shape index (κ1) is 10.8. The van der Waals surface area contributed by atoms with Crippen molar-refractivity contribution in [3.63, 3.8) is 0 Å². The molecule has 1 aliphatic rings. The van der Waals surface area contributed by atoms with Crippen molar-refractivity contribution in [2.45, 2.75) is 44.3 Å². The van der Waals surface area contributed by atoms with E-state index in [1.54, 1.807) is 0 Å². The number of alkyl halides is 3. The van der Waals surface area contributed by atoms with Gasteiger partial charge in [-0.2, -0.15) is 13.2 Å². The van der Waals surface area contributed by atoms with E-state index in [9.17, 15) is 13.2 Å². The molecule has 0 aliphatic heterocycles. The molecule has 1 fully saturated rings. The van der Waals surface area contributed by atoms with Crippen molar-refractivity contribution in [2.24, 2.45) is 5.92 Å². The summed E-state index contributed by atoms with van der Waals surface area (Å²) < 4.78 is 37.3. The van der Waals surface area contributed by atoms with E-state index in [0.29, 0.717) is 12.8 Å². The van der Waals surface area contributed by atoms with E-state index in [1.807, 2.05) is 0 Å². The van der Waals surface area contributed by atoms with E-state index < -0.39 is 12.2 Å². The molecule has 0 saturated heterocycles. The minimum atomic E-state index is -4.09. The van der Waals surface area contributed by atoms with Gasteiger partial charge < -0.3 is 5.32 Å². The summed E-state index contributed by atoms with van der Waals surface area (Å²) in [6.45, 7) is 0. The molecule has 1 aliphatic carbocycles. The maximum atomic E-state index is 12.4. The van der Waals surface area contributed by atoms with Crippen molar-refractivity contribution in [1.82, 2.24) is 5.32 Å². The lowest BCUT2D eigenvalue weighted by Gasteiger charge is -2.31. The Morgan fingerprint density at radius 3 is 2.08 bits per heavy atom. The van der Waals surface area contributed by atoms with Crippen molar-refractivity contribution < 1.29 is 13.2 Å². The average Bonchev–Trinajstić information content (AvgIpc) is 2.05. The van der Waals surface area contributed by atoms with Crippen molar-refractivity contribution in [3.05, 3.63) is 0 Å². The highest BCUT2D eigenvalue weighted by atomic mass is 19.4. The Balaban J connectivity index is 2.54. The molecule has 0 aromatic heterocycles. The molecule has 0 heterocycles.